The Hall–Kier alpha value is -1.26. The Kier molecular flexibility index (Phi) is 3.78. The summed E-state index contributed by atoms with van der Waals surface area (Å²) in [6, 6.07) is 7.34. The zero-order chi connectivity index (χ0) is 13.3. The van der Waals surface area contributed by atoms with Gasteiger partial charge in [0.25, 0.3) is 0 Å². The van der Waals surface area contributed by atoms with E-state index < -0.39 is 17.4 Å². The molecule has 5 heteroatoms. The molecular weight excluding hydrogens is 325 g/mol. The minimum Gasteiger partial charge on any atom is -0.289 e. The molecule has 2 rings (SSSR count). The van der Waals surface area contributed by atoms with E-state index in [2.05, 4.69) is 15.9 Å². The zero-order valence-electron chi connectivity index (χ0n) is 8.88. The number of benzene rings is 2. The molecular formula is C13H6BrClF2O. The van der Waals surface area contributed by atoms with Crippen LogP contribution in [0.3, 0.4) is 0 Å². The molecule has 0 spiro atoms. The quantitative estimate of drug-likeness (QED) is 0.734. The number of carbonyl (C=O) groups is 1. The first-order chi connectivity index (χ1) is 8.47. The molecule has 18 heavy (non-hydrogen) atoms. The highest BCUT2D eigenvalue weighted by Gasteiger charge is 2.15. The van der Waals surface area contributed by atoms with Crippen molar-refractivity contribution in [3.63, 3.8) is 0 Å². The fourth-order valence-corrected chi connectivity index (χ4v) is 2.27. The summed E-state index contributed by atoms with van der Waals surface area (Å²) in [5.74, 6) is -2.12. The highest BCUT2D eigenvalue weighted by molar-refractivity contribution is 9.10. The van der Waals surface area contributed by atoms with Crippen LogP contribution in [0, 0.1) is 11.6 Å². The largest absolute Gasteiger partial charge is 0.289 e. The molecule has 0 saturated heterocycles. The van der Waals surface area contributed by atoms with Gasteiger partial charge in [0.1, 0.15) is 11.6 Å². The van der Waals surface area contributed by atoms with Crippen molar-refractivity contribution >= 4 is 33.3 Å². The minimum atomic E-state index is -0.799. The molecule has 0 saturated carbocycles. The molecule has 0 aliphatic carbocycles. The van der Waals surface area contributed by atoms with Crippen molar-refractivity contribution in [3.05, 3.63) is 68.7 Å². The highest BCUT2D eigenvalue weighted by Crippen LogP contribution is 2.24. The van der Waals surface area contributed by atoms with Crippen molar-refractivity contribution in [2.24, 2.45) is 0 Å². The number of halogens is 4. The van der Waals surface area contributed by atoms with Crippen LogP contribution in [0.25, 0.3) is 0 Å². The molecule has 0 amide bonds. The first kappa shape index (κ1) is 13.2. The van der Waals surface area contributed by atoms with Gasteiger partial charge in [-0.05, 0) is 30.3 Å². The second kappa shape index (κ2) is 5.16. The predicted molar refractivity (Wildman–Crippen MR) is 68.9 cm³/mol. The molecule has 0 fully saturated rings. The van der Waals surface area contributed by atoms with Gasteiger partial charge < -0.3 is 0 Å². The Morgan fingerprint density at radius 2 is 1.67 bits per heavy atom. The fourth-order valence-electron chi connectivity index (χ4n) is 1.51. The van der Waals surface area contributed by atoms with Gasteiger partial charge in [0.15, 0.2) is 5.78 Å². The maximum atomic E-state index is 13.0. The van der Waals surface area contributed by atoms with E-state index >= 15 is 0 Å². The van der Waals surface area contributed by atoms with Crippen molar-refractivity contribution in [2.45, 2.75) is 0 Å². The maximum Gasteiger partial charge on any atom is 0.194 e. The van der Waals surface area contributed by atoms with E-state index in [4.69, 9.17) is 11.6 Å². The Morgan fingerprint density at radius 1 is 1.06 bits per heavy atom. The first-order valence-corrected chi connectivity index (χ1v) is 6.10. The molecule has 92 valence electrons. The van der Waals surface area contributed by atoms with Crippen LogP contribution in [0.1, 0.15) is 15.9 Å². The average molecular weight is 332 g/mol. The van der Waals surface area contributed by atoms with Crippen LogP contribution in [-0.2, 0) is 0 Å². The molecule has 1 nitrogen and oxygen atoms in total. The van der Waals surface area contributed by atoms with E-state index in [1.165, 1.54) is 6.07 Å². The Bertz CT molecular complexity index is 608. The molecule has 0 unspecified atom stereocenters. The minimum absolute atomic E-state index is 0.0725. The average Bonchev–Trinajstić information content (AvgIpc) is 2.26. The molecule has 0 aliphatic heterocycles. The highest BCUT2D eigenvalue weighted by atomic mass is 79.9. The van der Waals surface area contributed by atoms with Crippen LogP contribution in [-0.4, -0.2) is 5.78 Å². The normalized spacial score (nSPS) is 10.4. The van der Waals surface area contributed by atoms with Gasteiger partial charge in [-0.2, -0.15) is 0 Å². The third kappa shape index (κ3) is 2.76. The molecule has 0 bridgehead atoms. The molecule has 2 aromatic carbocycles. The van der Waals surface area contributed by atoms with Gasteiger partial charge in [0, 0.05) is 21.7 Å². The van der Waals surface area contributed by atoms with Crippen LogP contribution >= 0.6 is 27.5 Å². The summed E-state index contributed by atoms with van der Waals surface area (Å²) >= 11 is 9.12. The molecule has 0 heterocycles. The molecule has 0 radical (unpaired) electrons. The Balaban J connectivity index is 2.47. The number of hydrogen-bond acceptors (Lipinski definition) is 1. The van der Waals surface area contributed by atoms with E-state index in [1.54, 1.807) is 12.1 Å². The van der Waals surface area contributed by atoms with Gasteiger partial charge in [-0.1, -0.05) is 27.5 Å². The molecule has 2 aromatic rings. The number of carbonyl (C=O) groups excluding carboxylic acids is 1. The topological polar surface area (TPSA) is 17.1 Å². The lowest BCUT2D eigenvalue weighted by Crippen LogP contribution is -2.03. The van der Waals surface area contributed by atoms with Crippen LogP contribution < -0.4 is 0 Å². The lowest BCUT2D eigenvalue weighted by molar-refractivity contribution is 0.103. The summed E-state index contributed by atoms with van der Waals surface area (Å²) in [6.45, 7) is 0. The third-order valence-corrected chi connectivity index (χ3v) is 3.11. The first-order valence-electron chi connectivity index (χ1n) is 4.93. The van der Waals surface area contributed by atoms with Crippen molar-refractivity contribution in [2.75, 3.05) is 0 Å². The Labute approximate surface area is 116 Å². The second-order valence-electron chi connectivity index (χ2n) is 3.61. The Morgan fingerprint density at radius 3 is 2.22 bits per heavy atom. The zero-order valence-corrected chi connectivity index (χ0v) is 11.2. The lowest BCUT2D eigenvalue weighted by Gasteiger charge is -2.04. The summed E-state index contributed by atoms with van der Waals surface area (Å²) in [5, 5.41) is 0.221. The van der Waals surface area contributed by atoms with E-state index in [0.29, 0.717) is 6.07 Å². The second-order valence-corrected chi connectivity index (χ2v) is 4.93. The number of hydrogen-bond donors (Lipinski definition) is 0. The molecule has 0 N–H and O–H groups in total. The predicted octanol–water partition coefficient (Wildman–Crippen LogP) is 4.61. The van der Waals surface area contributed by atoms with Crippen LogP contribution in [0.5, 0.6) is 0 Å². The van der Waals surface area contributed by atoms with Crippen LogP contribution in [0.2, 0.25) is 5.02 Å². The van der Waals surface area contributed by atoms with Crippen LogP contribution in [0.4, 0.5) is 8.78 Å². The summed E-state index contributed by atoms with van der Waals surface area (Å²) in [5.41, 5.74) is 0.126. The van der Waals surface area contributed by atoms with Gasteiger partial charge >= 0.3 is 0 Å². The number of ketones is 1. The molecule has 0 aliphatic rings. The monoisotopic (exact) mass is 330 g/mol. The summed E-state index contributed by atoms with van der Waals surface area (Å²) in [6.07, 6.45) is 0. The van der Waals surface area contributed by atoms with Gasteiger partial charge in [-0.15, -0.1) is 0 Å². The number of rotatable bonds is 2. The van der Waals surface area contributed by atoms with E-state index in [-0.39, 0.29) is 16.1 Å². The molecule has 0 aromatic heterocycles. The standard InChI is InChI=1S/C13H6BrClF2O/c14-8-1-2-11(12(15)5-8)13(18)7-3-9(16)6-10(17)4-7/h1-6H. The van der Waals surface area contributed by atoms with E-state index in [1.807, 2.05) is 0 Å². The van der Waals surface area contributed by atoms with Gasteiger partial charge in [-0.3, -0.25) is 4.79 Å². The smallest absolute Gasteiger partial charge is 0.194 e. The van der Waals surface area contributed by atoms with Crippen molar-refractivity contribution in [3.8, 4) is 0 Å². The van der Waals surface area contributed by atoms with Crippen molar-refractivity contribution in [1.82, 2.24) is 0 Å². The fraction of sp³-hybridized carbons (Fsp3) is 0. The maximum absolute atomic E-state index is 13.0. The van der Waals surface area contributed by atoms with Crippen LogP contribution in [0.15, 0.2) is 40.9 Å². The molecule has 0 atom stereocenters. The van der Waals surface area contributed by atoms with Gasteiger partial charge in [0.05, 0.1) is 5.02 Å². The third-order valence-electron chi connectivity index (χ3n) is 2.30. The summed E-state index contributed by atoms with van der Waals surface area (Å²) < 4.78 is 26.8. The van der Waals surface area contributed by atoms with Crippen molar-refractivity contribution in [1.29, 1.82) is 0 Å². The summed E-state index contributed by atoms with van der Waals surface area (Å²) in [4.78, 5) is 12.0. The lowest BCUT2D eigenvalue weighted by atomic mass is 10.0. The van der Waals surface area contributed by atoms with E-state index in [0.717, 1.165) is 16.6 Å². The van der Waals surface area contributed by atoms with Gasteiger partial charge in [0.2, 0.25) is 0 Å². The summed E-state index contributed by atoms with van der Waals surface area (Å²) in [7, 11) is 0. The van der Waals surface area contributed by atoms with Crippen molar-refractivity contribution < 1.29 is 13.6 Å². The van der Waals surface area contributed by atoms with E-state index in [9.17, 15) is 13.6 Å². The van der Waals surface area contributed by atoms with Gasteiger partial charge in [-0.25, -0.2) is 8.78 Å². The SMILES string of the molecule is O=C(c1cc(F)cc(F)c1)c1ccc(Br)cc1Cl.